The highest BCUT2D eigenvalue weighted by Crippen LogP contribution is 2.15. The Labute approximate surface area is 89.1 Å². The van der Waals surface area contributed by atoms with Crippen LogP contribution in [-0.2, 0) is 0 Å². The summed E-state index contributed by atoms with van der Waals surface area (Å²) in [6.45, 7) is 14.2. The van der Waals surface area contributed by atoms with Gasteiger partial charge in [0.15, 0.2) is 0 Å². The normalized spacial score (nSPS) is 26.8. The first-order valence-corrected chi connectivity index (χ1v) is 6.09. The number of hydrogen-bond donors (Lipinski definition) is 1. The summed E-state index contributed by atoms with van der Waals surface area (Å²) < 4.78 is 0. The second-order valence-corrected chi connectivity index (χ2v) is 4.98. The molecule has 14 heavy (non-hydrogen) atoms. The van der Waals surface area contributed by atoms with Gasteiger partial charge in [0, 0.05) is 32.2 Å². The number of hydrogen-bond acceptors (Lipinski definition) is 2. The zero-order chi connectivity index (χ0) is 10.6. The Morgan fingerprint density at radius 1 is 1.36 bits per heavy atom. The van der Waals surface area contributed by atoms with Gasteiger partial charge in [0.1, 0.15) is 0 Å². The molecule has 1 fully saturated rings. The van der Waals surface area contributed by atoms with Gasteiger partial charge < -0.3 is 5.32 Å². The topological polar surface area (TPSA) is 15.3 Å². The maximum absolute atomic E-state index is 3.48. The van der Waals surface area contributed by atoms with E-state index < -0.39 is 0 Å². The first kappa shape index (κ1) is 12.0. The summed E-state index contributed by atoms with van der Waals surface area (Å²) >= 11 is 0. The fourth-order valence-corrected chi connectivity index (χ4v) is 2.03. The van der Waals surface area contributed by atoms with Gasteiger partial charge in [-0.05, 0) is 18.3 Å². The molecule has 1 aliphatic rings. The van der Waals surface area contributed by atoms with Crippen LogP contribution in [0, 0.1) is 11.8 Å². The molecule has 2 atom stereocenters. The summed E-state index contributed by atoms with van der Waals surface area (Å²) in [5.41, 5.74) is 0. The summed E-state index contributed by atoms with van der Waals surface area (Å²) in [6.07, 6.45) is 1.28. The molecule has 1 aliphatic heterocycles. The van der Waals surface area contributed by atoms with Gasteiger partial charge >= 0.3 is 0 Å². The largest absolute Gasteiger partial charge is 0.314 e. The number of rotatable bonds is 4. The van der Waals surface area contributed by atoms with Crippen molar-refractivity contribution >= 4 is 0 Å². The van der Waals surface area contributed by atoms with Gasteiger partial charge in [-0.1, -0.05) is 27.7 Å². The van der Waals surface area contributed by atoms with Crippen molar-refractivity contribution < 1.29 is 0 Å². The van der Waals surface area contributed by atoms with Crippen LogP contribution in [0.15, 0.2) is 0 Å². The van der Waals surface area contributed by atoms with E-state index in [1.807, 2.05) is 0 Å². The molecule has 0 aromatic carbocycles. The van der Waals surface area contributed by atoms with Gasteiger partial charge in [0.25, 0.3) is 0 Å². The van der Waals surface area contributed by atoms with E-state index in [1.54, 1.807) is 0 Å². The third kappa shape index (κ3) is 3.25. The summed E-state index contributed by atoms with van der Waals surface area (Å²) in [4.78, 5) is 2.67. The molecule has 1 N–H and O–H groups in total. The average molecular weight is 198 g/mol. The Morgan fingerprint density at radius 2 is 2.07 bits per heavy atom. The molecule has 2 unspecified atom stereocenters. The van der Waals surface area contributed by atoms with Gasteiger partial charge in [-0.15, -0.1) is 0 Å². The highest BCUT2D eigenvalue weighted by molar-refractivity contribution is 4.80. The second-order valence-electron chi connectivity index (χ2n) is 4.98. The third-order valence-electron chi connectivity index (χ3n) is 3.60. The molecule has 84 valence electrons. The maximum Gasteiger partial charge on any atom is 0.0218 e. The molecular formula is C12H26N2. The quantitative estimate of drug-likeness (QED) is 0.743. The van der Waals surface area contributed by atoms with Crippen LogP contribution in [0.3, 0.4) is 0 Å². The minimum Gasteiger partial charge on any atom is -0.314 e. The first-order chi connectivity index (χ1) is 6.65. The highest BCUT2D eigenvalue weighted by Gasteiger charge is 2.22. The number of nitrogens with zero attached hydrogens (tertiary/aromatic N) is 1. The van der Waals surface area contributed by atoms with E-state index in [0.717, 1.165) is 17.9 Å². The molecule has 0 amide bonds. The van der Waals surface area contributed by atoms with Crippen LogP contribution < -0.4 is 5.32 Å². The van der Waals surface area contributed by atoms with Crippen molar-refractivity contribution in [2.45, 2.75) is 40.2 Å². The van der Waals surface area contributed by atoms with Crippen molar-refractivity contribution in [3.63, 3.8) is 0 Å². The van der Waals surface area contributed by atoms with Crippen molar-refractivity contribution in [2.24, 2.45) is 11.8 Å². The Kier molecular flexibility index (Phi) is 4.90. The van der Waals surface area contributed by atoms with E-state index in [4.69, 9.17) is 0 Å². The van der Waals surface area contributed by atoms with E-state index in [0.29, 0.717) is 0 Å². The van der Waals surface area contributed by atoms with Gasteiger partial charge in [-0.25, -0.2) is 0 Å². The lowest BCUT2D eigenvalue weighted by Crippen LogP contribution is -2.52. The van der Waals surface area contributed by atoms with Crippen molar-refractivity contribution in [1.82, 2.24) is 10.2 Å². The van der Waals surface area contributed by atoms with Gasteiger partial charge in [0.05, 0.1) is 0 Å². The smallest absolute Gasteiger partial charge is 0.0218 e. The predicted octanol–water partition coefficient (Wildman–Crippen LogP) is 1.96. The lowest BCUT2D eigenvalue weighted by atomic mass is 9.96. The first-order valence-electron chi connectivity index (χ1n) is 6.09. The van der Waals surface area contributed by atoms with E-state index in [-0.39, 0.29) is 0 Å². The zero-order valence-corrected chi connectivity index (χ0v) is 10.2. The van der Waals surface area contributed by atoms with Gasteiger partial charge in [0.2, 0.25) is 0 Å². The molecular weight excluding hydrogens is 172 g/mol. The summed E-state index contributed by atoms with van der Waals surface area (Å²) in [7, 11) is 0. The fraction of sp³-hybridized carbons (Fsp3) is 1.00. The molecule has 2 heteroatoms. The average Bonchev–Trinajstić information content (AvgIpc) is 2.18. The van der Waals surface area contributed by atoms with Crippen LogP contribution in [0.1, 0.15) is 34.1 Å². The van der Waals surface area contributed by atoms with Gasteiger partial charge in [-0.2, -0.15) is 0 Å². The molecule has 0 spiro atoms. The van der Waals surface area contributed by atoms with Crippen LogP contribution in [0.4, 0.5) is 0 Å². The molecule has 0 aliphatic carbocycles. The second kappa shape index (κ2) is 5.72. The van der Waals surface area contributed by atoms with Crippen LogP contribution in [0.2, 0.25) is 0 Å². The Bertz CT molecular complexity index is 156. The predicted molar refractivity (Wildman–Crippen MR) is 62.5 cm³/mol. The number of piperazine rings is 1. The van der Waals surface area contributed by atoms with Crippen molar-refractivity contribution in [2.75, 3.05) is 26.2 Å². The van der Waals surface area contributed by atoms with Crippen molar-refractivity contribution in [1.29, 1.82) is 0 Å². The van der Waals surface area contributed by atoms with E-state index in [1.165, 1.54) is 32.6 Å². The van der Waals surface area contributed by atoms with Crippen LogP contribution in [-0.4, -0.2) is 37.1 Å². The molecule has 1 rings (SSSR count). The summed E-state index contributed by atoms with van der Waals surface area (Å²) in [6, 6.07) is 0.768. The number of nitrogens with one attached hydrogen (secondary N) is 1. The molecule has 0 saturated carbocycles. The molecule has 0 radical (unpaired) electrons. The summed E-state index contributed by atoms with van der Waals surface area (Å²) in [5.74, 6) is 1.63. The molecule has 0 aromatic heterocycles. The SMILES string of the molecule is CCC1CNCCN1CC(C)C(C)C. The van der Waals surface area contributed by atoms with Crippen LogP contribution >= 0.6 is 0 Å². The minimum absolute atomic E-state index is 0.768. The zero-order valence-electron chi connectivity index (χ0n) is 10.2. The van der Waals surface area contributed by atoms with E-state index in [2.05, 4.69) is 37.9 Å². The van der Waals surface area contributed by atoms with E-state index in [9.17, 15) is 0 Å². The molecule has 0 bridgehead atoms. The lowest BCUT2D eigenvalue weighted by Gasteiger charge is -2.38. The van der Waals surface area contributed by atoms with E-state index >= 15 is 0 Å². The lowest BCUT2D eigenvalue weighted by molar-refractivity contribution is 0.125. The van der Waals surface area contributed by atoms with Gasteiger partial charge in [-0.3, -0.25) is 4.90 Å². The molecule has 1 heterocycles. The maximum atomic E-state index is 3.48. The van der Waals surface area contributed by atoms with Crippen molar-refractivity contribution in [3.8, 4) is 0 Å². The monoisotopic (exact) mass is 198 g/mol. The fourth-order valence-electron chi connectivity index (χ4n) is 2.03. The third-order valence-corrected chi connectivity index (χ3v) is 3.60. The Morgan fingerprint density at radius 3 is 2.64 bits per heavy atom. The van der Waals surface area contributed by atoms with Crippen LogP contribution in [0.25, 0.3) is 0 Å². The molecule has 1 saturated heterocycles. The van der Waals surface area contributed by atoms with Crippen molar-refractivity contribution in [3.05, 3.63) is 0 Å². The van der Waals surface area contributed by atoms with Crippen LogP contribution in [0.5, 0.6) is 0 Å². The standard InChI is InChI=1S/C12H26N2/c1-5-12-8-13-6-7-14(12)9-11(4)10(2)3/h10-13H,5-9H2,1-4H3. The Balaban J connectivity index is 2.40. The molecule has 0 aromatic rings. The Hall–Kier alpha value is -0.0800. The summed E-state index contributed by atoms with van der Waals surface area (Å²) in [5, 5.41) is 3.48. The minimum atomic E-state index is 0.768. The molecule has 2 nitrogen and oxygen atoms in total. The highest BCUT2D eigenvalue weighted by atomic mass is 15.2.